The zero-order valence-electron chi connectivity index (χ0n) is 35.1. The van der Waals surface area contributed by atoms with Gasteiger partial charge in [-0.05, 0) is 49.6 Å². The van der Waals surface area contributed by atoms with Crippen LogP contribution in [0.15, 0.2) is 128 Å². The first kappa shape index (κ1) is 41.5. The molecule has 0 unspecified atom stereocenters. The summed E-state index contributed by atoms with van der Waals surface area (Å²) in [5.74, 6) is 0.750. The maximum absolute atomic E-state index is 7.77. The Hall–Kier alpha value is -4.66. The second-order valence-electron chi connectivity index (χ2n) is 17.6. The molecule has 7 rings (SSSR count). The van der Waals surface area contributed by atoms with Gasteiger partial charge in [-0.3, -0.25) is 0 Å². The molecular formula is C47H59N5O4Si2. The largest absolute Gasteiger partial charge is 0.474 e. The zero-order chi connectivity index (χ0) is 41.0. The molecule has 9 nitrogen and oxygen atoms in total. The number of fused-ring (bicyclic) bond motifs is 1. The van der Waals surface area contributed by atoms with Gasteiger partial charge in [0, 0.05) is 32.3 Å². The van der Waals surface area contributed by atoms with Crippen LogP contribution in [0.3, 0.4) is 0 Å². The average Bonchev–Trinajstić information content (AvgIpc) is 3.82. The SMILES string of the molecule is COCCOc1nc(N)nc2c1ncn2[C@@H]1CC[C@H](CO[Si](c2ccccc2)(c2ccccc2)C(C)(C)C)[C@@H]1CO[Si](c1ccccc1)(c1ccccc1)C(C)(C)C. The highest BCUT2D eigenvalue weighted by Gasteiger charge is 2.53. The lowest BCUT2D eigenvalue weighted by molar-refractivity contribution is 0.132. The number of nitrogen functional groups attached to an aromatic ring is 1. The van der Waals surface area contributed by atoms with Crippen LogP contribution in [0, 0.1) is 11.8 Å². The van der Waals surface area contributed by atoms with Crippen molar-refractivity contribution in [3.05, 3.63) is 128 Å². The van der Waals surface area contributed by atoms with Gasteiger partial charge in [0.2, 0.25) is 11.8 Å². The molecule has 11 heteroatoms. The van der Waals surface area contributed by atoms with Gasteiger partial charge in [-0.25, -0.2) is 4.98 Å². The quantitative estimate of drug-likeness (QED) is 0.0862. The molecule has 1 aliphatic rings. The Balaban J connectivity index is 1.33. The molecule has 2 N–H and O–H groups in total. The summed E-state index contributed by atoms with van der Waals surface area (Å²) in [5, 5.41) is 4.74. The van der Waals surface area contributed by atoms with Crippen molar-refractivity contribution in [1.82, 2.24) is 19.5 Å². The van der Waals surface area contributed by atoms with Crippen molar-refractivity contribution in [1.29, 1.82) is 0 Å². The molecule has 0 bridgehead atoms. The molecular weight excluding hydrogens is 755 g/mol. The Labute approximate surface area is 346 Å². The van der Waals surface area contributed by atoms with E-state index in [1.807, 2.05) is 6.33 Å². The van der Waals surface area contributed by atoms with Gasteiger partial charge < -0.3 is 28.6 Å². The molecule has 4 aromatic carbocycles. The molecule has 0 amide bonds. The van der Waals surface area contributed by atoms with Crippen molar-refractivity contribution in [2.24, 2.45) is 11.8 Å². The number of nitrogens with two attached hydrogens (primary N) is 1. The summed E-state index contributed by atoms with van der Waals surface area (Å²) in [7, 11) is -4.06. The number of nitrogens with zero attached hydrogens (tertiary/aromatic N) is 4. The van der Waals surface area contributed by atoms with Gasteiger partial charge in [0.15, 0.2) is 11.2 Å². The summed E-state index contributed by atoms with van der Waals surface area (Å²) in [4.78, 5) is 14.0. The topological polar surface area (TPSA) is 107 Å². The highest BCUT2D eigenvalue weighted by molar-refractivity contribution is 7.00. The van der Waals surface area contributed by atoms with Crippen LogP contribution in [0.25, 0.3) is 11.2 Å². The molecule has 1 fully saturated rings. The first-order chi connectivity index (χ1) is 27.9. The smallest absolute Gasteiger partial charge is 0.261 e. The average molecular weight is 814 g/mol. The van der Waals surface area contributed by atoms with E-state index in [-0.39, 0.29) is 33.9 Å². The molecule has 0 saturated heterocycles. The molecule has 2 heterocycles. The Morgan fingerprint density at radius 3 is 1.55 bits per heavy atom. The number of hydrogen-bond donors (Lipinski definition) is 1. The summed E-state index contributed by atoms with van der Waals surface area (Å²) in [6.07, 6.45) is 3.74. The van der Waals surface area contributed by atoms with Crippen LogP contribution in [-0.2, 0) is 13.6 Å². The monoisotopic (exact) mass is 813 g/mol. The van der Waals surface area contributed by atoms with Crippen LogP contribution in [0.2, 0.25) is 10.1 Å². The van der Waals surface area contributed by atoms with E-state index in [0.717, 1.165) is 12.8 Å². The van der Waals surface area contributed by atoms with Gasteiger partial charge >= 0.3 is 0 Å². The third-order valence-corrected chi connectivity index (χ3v) is 22.1. The summed E-state index contributed by atoms with van der Waals surface area (Å²) >= 11 is 0. The van der Waals surface area contributed by atoms with Crippen molar-refractivity contribution in [2.45, 2.75) is 70.5 Å². The zero-order valence-corrected chi connectivity index (χ0v) is 37.1. The summed E-state index contributed by atoms with van der Waals surface area (Å²) in [5.41, 5.74) is 7.60. The van der Waals surface area contributed by atoms with E-state index in [2.05, 4.69) is 172 Å². The highest BCUT2D eigenvalue weighted by atomic mass is 28.4. The standard InChI is InChI=1S/C47H59N5O4Si2/c1-46(2,3)57(36-20-12-8-13-21-36,37-22-14-9-15-23-37)55-32-35-28-29-41(52-34-49-42-43(52)50-45(48)51-44(42)54-31-30-53-7)40(35)33-56-58(47(4,5)6,38-24-16-10-17-25-38)39-26-18-11-19-27-39/h8-27,34-35,40-41H,28-33H2,1-7H3,(H2,48,50,51)/t35-,40+,41-/m1/s1. The molecule has 3 atom stereocenters. The number of ether oxygens (including phenoxy) is 2. The van der Waals surface area contributed by atoms with E-state index in [0.29, 0.717) is 43.5 Å². The van der Waals surface area contributed by atoms with Gasteiger partial charge in [0.1, 0.15) is 6.61 Å². The van der Waals surface area contributed by atoms with Gasteiger partial charge in [-0.1, -0.05) is 163 Å². The maximum atomic E-state index is 7.77. The van der Waals surface area contributed by atoms with Crippen LogP contribution in [0.4, 0.5) is 5.95 Å². The number of rotatable bonds is 15. The summed E-state index contributed by atoms with van der Waals surface area (Å²) < 4.78 is 28.9. The van der Waals surface area contributed by atoms with E-state index in [9.17, 15) is 0 Å². The van der Waals surface area contributed by atoms with Crippen molar-refractivity contribution in [2.75, 3.05) is 39.3 Å². The fourth-order valence-corrected chi connectivity index (χ4v) is 18.6. The van der Waals surface area contributed by atoms with Crippen molar-refractivity contribution in [3.63, 3.8) is 0 Å². The van der Waals surface area contributed by atoms with E-state index in [4.69, 9.17) is 34.0 Å². The molecule has 6 aromatic rings. The molecule has 1 aliphatic carbocycles. The lowest BCUT2D eigenvalue weighted by Gasteiger charge is -2.45. The number of imidazole rings is 1. The van der Waals surface area contributed by atoms with Gasteiger partial charge in [-0.2, -0.15) is 9.97 Å². The van der Waals surface area contributed by atoms with E-state index in [1.165, 1.54) is 20.7 Å². The Kier molecular flexibility index (Phi) is 12.4. The number of methoxy groups -OCH3 is 1. The molecule has 2 aromatic heterocycles. The van der Waals surface area contributed by atoms with Gasteiger partial charge in [0.05, 0.1) is 12.9 Å². The second-order valence-corrected chi connectivity index (χ2v) is 26.2. The fourth-order valence-electron chi connectivity index (χ4n) is 9.37. The minimum atomic E-state index is -2.88. The minimum absolute atomic E-state index is 0.0112. The van der Waals surface area contributed by atoms with E-state index < -0.39 is 16.6 Å². The van der Waals surface area contributed by atoms with Crippen LogP contribution in [-0.4, -0.2) is 69.7 Å². The Morgan fingerprint density at radius 2 is 1.10 bits per heavy atom. The summed E-state index contributed by atoms with van der Waals surface area (Å²) in [6, 6.07) is 43.6. The predicted octanol–water partition coefficient (Wildman–Crippen LogP) is 7.15. The van der Waals surface area contributed by atoms with Crippen molar-refractivity contribution >= 4 is 54.5 Å². The number of hydrogen-bond acceptors (Lipinski definition) is 8. The molecule has 58 heavy (non-hydrogen) atoms. The van der Waals surface area contributed by atoms with Crippen LogP contribution in [0.5, 0.6) is 5.88 Å². The first-order valence-corrected chi connectivity index (χ1v) is 24.3. The minimum Gasteiger partial charge on any atom is -0.474 e. The predicted molar refractivity (Wildman–Crippen MR) is 240 cm³/mol. The van der Waals surface area contributed by atoms with E-state index >= 15 is 0 Å². The fraction of sp³-hybridized carbons (Fsp3) is 0.383. The Morgan fingerprint density at radius 1 is 0.638 bits per heavy atom. The van der Waals surface area contributed by atoms with E-state index in [1.54, 1.807) is 7.11 Å². The Bertz CT molecular complexity index is 2150. The highest BCUT2D eigenvalue weighted by Crippen LogP contribution is 2.46. The second kappa shape index (κ2) is 17.3. The van der Waals surface area contributed by atoms with Gasteiger partial charge in [0.25, 0.3) is 16.6 Å². The number of aromatic nitrogens is 4. The first-order valence-electron chi connectivity index (χ1n) is 20.5. The molecule has 0 aliphatic heterocycles. The third kappa shape index (κ3) is 7.90. The van der Waals surface area contributed by atoms with Gasteiger partial charge in [-0.15, -0.1) is 0 Å². The van der Waals surface area contributed by atoms with Crippen LogP contribution >= 0.6 is 0 Å². The molecule has 0 spiro atoms. The number of benzene rings is 4. The van der Waals surface area contributed by atoms with Crippen LogP contribution < -0.4 is 31.2 Å². The lowest BCUT2D eigenvalue weighted by atomic mass is 9.95. The van der Waals surface area contributed by atoms with Crippen molar-refractivity contribution in [3.8, 4) is 5.88 Å². The van der Waals surface area contributed by atoms with Crippen molar-refractivity contribution < 1.29 is 18.3 Å². The lowest BCUT2D eigenvalue weighted by Crippen LogP contribution is -2.67. The maximum Gasteiger partial charge on any atom is 0.261 e. The summed E-state index contributed by atoms with van der Waals surface area (Å²) in [6.45, 7) is 15.9. The molecule has 0 radical (unpaired) electrons. The molecule has 1 saturated carbocycles. The van der Waals surface area contributed by atoms with Crippen LogP contribution in [0.1, 0.15) is 60.4 Å². The number of anilines is 1. The normalized spacial score (nSPS) is 17.8. The third-order valence-electron chi connectivity index (χ3n) is 12.1. The molecule has 304 valence electrons.